The highest BCUT2D eigenvalue weighted by Crippen LogP contribution is 2.25. The van der Waals surface area contributed by atoms with Crippen molar-refractivity contribution in [3.8, 4) is 5.69 Å². The van der Waals surface area contributed by atoms with Crippen LogP contribution in [0.4, 0.5) is 5.82 Å². The number of nitrogens with zero attached hydrogens (tertiary/aromatic N) is 4. The predicted octanol–water partition coefficient (Wildman–Crippen LogP) is 5.57. The molecule has 1 saturated heterocycles. The lowest BCUT2D eigenvalue weighted by Crippen LogP contribution is -2.42. The SMILES string of the molecule is C=C/C=C(\C)c1nn(-c2ccc(N3CCC(C)(O)CC3)nc2)cc1C.CC.CC. The van der Waals surface area contributed by atoms with Gasteiger partial charge in [-0.3, -0.25) is 0 Å². The fraction of sp³-hybridized carbons (Fsp3) is 0.500. The van der Waals surface area contributed by atoms with Crippen LogP contribution in [0.2, 0.25) is 0 Å². The summed E-state index contributed by atoms with van der Waals surface area (Å²) in [7, 11) is 0. The Morgan fingerprint density at radius 2 is 1.79 bits per heavy atom. The van der Waals surface area contributed by atoms with Crippen molar-refractivity contribution >= 4 is 11.4 Å². The monoisotopic (exact) mass is 398 g/mol. The zero-order chi connectivity index (χ0) is 22.0. The molecule has 0 bridgehead atoms. The first kappa shape index (κ1) is 24.6. The van der Waals surface area contributed by atoms with Gasteiger partial charge in [0, 0.05) is 19.3 Å². The van der Waals surface area contributed by atoms with Crippen LogP contribution < -0.4 is 4.90 Å². The molecule has 5 nitrogen and oxygen atoms in total. The van der Waals surface area contributed by atoms with E-state index in [2.05, 4.69) is 28.5 Å². The molecule has 0 unspecified atom stereocenters. The molecular weight excluding hydrogens is 360 g/mol. The Bertz CT molecular complexity index is 778. The zero-order valence-electron chi connectivity index (χ0n) is 19.2. The van der Waals surface area contributed by atoms with Gasteiger partial charge in [-0.2, -0.15) is 5.10 Å². The maximum Gasteiger partial charge on any atom is 0.128 e. The summed E-state index contributed by atoms with van der Waals surface area (Å²) >= 11 is 0. The Balaban J connectivity index is 0.000000989. The number of hydrogen-bond donors (Lipinski definition) is 1. The average Bonchev–Trinajstić information content (AvgIpc) is 3.13. The molecule has 0 amide bonds. The first-order valence-electron chi connectivity index (χ1n) is 10.7. The minimum absolute atomic E-state index is 0.545. The van der Waals surface area contributed by atoms with E-state index >= 15 is 0 Å². The number of pyridine rings is 1. The molecule has 2 aromatic rings. The average molecular weight is 399 g/mol. The molecule has 1 N–H and O–H groups in total. The van der Waals surface area contributed by atoms with E-state index in [1.54, 1.807) is 6.08 Å². The Kier molecular flexibility index (Phi) is 9.83. The third-order valence-electron chi connectivity index (χ3n) is 4.80. The number of anilines is 1. The van der Waals surface area contributed by atoms with Gasteiger partial charge in [0.25, 0.3) is 0 Å². The summed E-state index contributed by atoms with van der Waals surface area (Å²) in [5.74, 6) is 0.950. The van der Waals surface area contributed by atoms with Crippen LogP contribution in [0.25, 0.3) is 11.3 Å². The lowest BCUT2D eigenvalue weighted by atomic mass is 9.94. The minimum atomic E-state index is -0.545. The van der Waals surface area contributed by atoms with Crippen molar-refractivity contribution in [1.82, 2.24) is 14.8 Å². The van der Waals surface area contributed by atoms with Crippen molar-refractivity contribution in [2.45, 2.75) is 66.9 Å². The highest BCUT2D eigenvalue weighted by Gasteiger charge is 2.27. The molecule has 5 heteroatoms. The van der Waals surface area contributed by atoms with E-state index in [9.17, 15) is 5.11 Å². The second-order valence-corrected chi connectivity index (χ2v) is 7.05. The molecular formula is C24H38N4O. The summed E-state index contributed by atoms with van der Waals surface area (Å²) in [4.78, 5) is 6.82. The summed E-state index contributed by atoms with van der Waals surface area (Å²) in [5.41, 5.74) is 3.58. The number of piperidine rings is 1. The summed E-state index contributed by atoms with van der Waals surface area (Å²) in [6, 6.07) is 4.07. The van der Waals surface area contributed by atoms with Gasteiger partial charge < -0.3 is 10.0 Å². The lowest BCUT2D eigenvalue weighted by Gasteiger charge is -2.36. The molecule has 3 rings (SSSR count). The van der Waals surface area contributed by atoms with E-state index in [1.807, 2.05) is 76.8 Å². The van der Waals surface area contributed by atoms with E-state index in [1.165, 1.54) is 0 Å². The van der Waals surface area contributed by atoms with Crippen LogP contribution in [0.3, 0.4) is 0 Å². The van der Waals surface area contributed by atoms with Crippen molar-refractivity contribution < 1.29 is 5.11 Å². The Hall–Kier alpha value is -2.40. The summed E-state index contributed by atoms with van der Waals surface area (Å²) in [6.45, 7) is 19.4. The van der Waals surface area contributed by atoms with Crippen molar-refractivity contribution in [3.05, 3.63) is 54.5 Å². The number of hydrogen-bond acceptors (Lipinski definition) is 4. The molecule has 1 aliphatic heterocycles. The van der Waals surface area contributed by atoms with Crippen LogP contribution in [0, 0.1) is 6.92 Å². The zero-order valence-corrected chi connectivity index (χ0v) is 19.2. The van der Waals surface area contributed by atoms with Gasteiger partial charge in [-0.15, -0.1) is 0 Å². The standard InChI is InChI=1S/C20H26N4O.2C2H6/c1-5-6-15(2)19-16(3)14-24(22-19)17-7-8-18(21-13-17)23-11-9-20(4,25)10-12-23;2*1-2/h5-8,13-14,25H,1,9-12H2,2-4H3;2*1-2H3/b15-6+;;. The number of aromatic nitrogens is 3. The molecule has 160 valence electrons. The first-order chi connectivity index (χ1) is 13.9. The third-order valence-corrected chi connectivity index (χ3v) is 4.80. The van der Waals surface area contributed by atoms with Crippen LogP contribution in [0.5, 0.6) is 0 Å². The van der Waals surface area contributed by atoms with Gasteiger partial charge in [-0.1, -0.05) is 46.4 Å². The minimum Gasteiger partial charge on any atom is -0.390 e. The number of aryl methyl sites for hydroxylation is 1. The first-order valence-corrected chi connectivity index (χ1v) is 10.7. The summed E-state index contributed by atoms with van der Waals surface area (Å²) in [5, 5.41) is 14.7. The molecule has 0 saturated carbocycles. The lowest BCUT2D eigenvalue weighted by molar-refractivity contribution is 0.0350. The summed E-state index contributed by atoms with van der Waals surface area (Å²) in [6.07, 6.45) is 9.15. The highest BCUT2D eigenvalue weighted by molar-refractivity contribution is 5.64. The van der Waals surface area contributed by atoms with Gasteiger partial charge in [0.1, 0.15) is 5.82 Å². The van der Waals surface area contributed by atoms with Crippen LogP contribution in [-0.2, 0) is 0 Å². The molecule has 0 atom stereocenters. The maximum atomic E-state index is 10.1. The van der Waals surface area contributed by atoms with E-state index < -0.39 is 5.60 Å². The molecule has 1 aliphatic rings. The molecule has 1 fully saturated rings. The van der Waals surface area contributed by atoms with Gasteiger partial charge in [-0.05, 0) is 56.9 Å². The van der Waals surface area contributed by atoms with E-state index in [0.29, 0.717) is 0 Å². The van der Waals surface area contributed by atoms with Crippen molar-refractivity contribution in [2.24, 2.45) is 0 Å². The number of allylic oxidation sites excluding steroid dienone is 3. The van der Waals surface area contributed by atoms with Crippen LogP contribution in [0.15, 0.2) is 43.3 Å². The molecule has 29 heavy (non-hydrogen) atoms. The fourth-order valence-corrected chi connectivity index (χ4v) is 3.16. The van der Waals surface area contributed by atoms with E-state index in [-0.39, 0.29) is 0 Å². The molecule has 0 aromatic carbocycles. The fourth-order valence-electron chi connectivity index (χ4n) is 3.16. The van der Waals surface area contributed by atoms with Gasteiger partial charge in [0.15, 0.2) is 0 Å². The predicted molar refractivity (Wildman–Crippen MR) is 125 cm³/mol. The van der Waals surface area contributed by atoms with Gasteiger partial charge in [0.05, 0.1) is 23.2 Å². The van der Waals surface area contributed by atoms with E-state index in [4.69, 9.17) is 0 Å². The van der Waals surface area contributed by atoms with Crippen molar-refractivity contribution in [1.29, 1.82) is 0 Å². The summed E-state index contributed by atoms with van der Waals surface area (Å²) < 4.78 is 1.86. The number of rotatable bonds is 4. The third kappa shape index (κ3) is 6.57. The van der Waals surface area contributed by atoms with Crippen LogP contribution >= 0.6 is 0 Å². The van der Waals surface area contributed by atoms with E-state index in [0.717, 1.165) is 54.3 Å². The smallest absolute Gasteiger partial charge is 0.128 e. The molecule has 3 heterocycles. The molecule has 0 aliphatic carbocycles. The molecule has 0 radical (unpaired) electrons. The largest absolute Gasteiger partial charge is 0.390 e. The van der Waals surface area contributed by atoms with Crippen molar-refractivity contribution in [2.75, 3.05) is 18.0 Å². The van der Waals surface area contributed by atoms with Gasteiger partial charge >= 0.3 is 0 Å². The Morgan fingerprint density at radius 1 is 1.17 bits per heavy atom. The van der Waals surface area contributed by atoms with Crippen molar-refractivity contribution in [3.63, 3.8) is 0 Å². The normalized spacial score (nSPS) is 15.6. The maximum absolute atomic E-state index is 10.1. The Labute approximate surface area is 176 Å². The second-order valence-electron chi connectivity index (χ2n) is 7.05. The molecule has 0 spiro atoms. The molecule has 2 aromatic heterocycles. The van der Waals surface area contributed by atoms with Crippen LogP contribution in [-0.4, -0.2) is 38.6 Å². The van der Waals surface area contributed by atoms with Crippen LogP contribution in [0.1, 0.15) is 65.6 Å². The van der Waals surface area contributed by atoms with Gasteiger partial charge in [-0.25, -0.2) is 9.67 Å². The topological polar surface area (TPSA) is 54.2 Å². The number of aliphatic hydroxyl groups is 1. The Morgan fingerprint density at radius 3 is 2.31 bits per heavy atom. The second kappa shape index (κ2) is 11.6. The quantitative estimate of drug-likeness (QED) is 0.684. The van der Waals surface area contributed by atoms with Gasteiger partial charge in [0.2, 0.25) is 0 Å². The highest BCUT2D eigenvalue weighted by atomic mass is 16.3.